The Bertz CT molecular complexity index is 1050. The maximum atomic E-state index is 12.0. The normalized spacial score (nSPS) is 13.9. The number of aryl methyl sites for hydroxylation is 1. The van der Waals surface area contributed by atoms with Crippen LogP contribution in [0.5, 0.6) is 5.75 Å². The van der Waals surface area contributed by atoms with Gasteiger partial charge >= 0.3 is 0 Å². The van der Waals surface area contributed by atoms with E-state index in [0.717, 1.165) is 39.9 Å². The zero-order valence-corrected chi connectivity index (χ0v) is 17.3. The molecule has 1 aromatic carbocycles. The molecule has 30 heavy (non-hydrogen) atoms. The first kappa shape index (κ1) is 19.8. The Hall–Kier alpha value is -3.55. The van der Waals surface area contributed by atoms with E-state index in [1.165, 1.54) is 6.33 Å². The number of rotatable bonds is 5. The lowest BCUT2D eigenvalue weighted by molar-refractivity contribution is -0.116. The van der Waals surface area contributed by atoms with Crippen molar-refractivity contribution in [1.29, 1.82) is 0 Å². The van der Waals surface area contributed by atoms with Crippen molar-refractivity contribution in [2.24, 2.45) is 0 Å². The van der Waals surface area contributed by atoms with Crippen molar-refractivity contribution in [3.05, 3.63) is 54.4 Å². The summed E-state index contributed by atoms with van der Waals surface area (Å²) in [6.45, 7) is 7.27. The van der Waals surface area contributed by atoms with E-state index >= 15 is 0 Å². The third kappa shape index (κ3) is 4.07. The van der Waals surface area contributed by atoms with E-state index in [2.05, 4.69) is 32.2 Å². The number of carbonyl (C=O) groups excluding carboxylic acids is 1. The largest absolute Gasteiger partial charge is 0.489 e. The van der Waals surface area contributed by atoms with Crippen molar-refractivity contribution < 1.29 is 9.53 Å². The molecule has 0 saturated heterocycles. The van der Waals surface area contributed by atoms with Crippen molar-refractivity contribution >= 4 is 17.4 Å². The third-order valence-corrected chi connectivity index (χ3v) is 5.12. The molecule has 154 valence electrons. The van der Waals surface area contributed by atoms with Gasteiger partial charge in [-0.1, -0.05) is 19.1 Å². The molecule has 0 unspecified atom stereocenters. The Kier molecular flexibility index (Phi) is 5.56. The first-order valence-corrected chi connectivity index (χ1v) is 9.91. The third-order valence-electron chi connectivity index (χ3n) is 5.12. The standard InChI is InChI=1S/C22H24N6O2/c1-14(18-5-4-6-20-22(18)30-8-7-28(20)16(3)29)10-25-21-9-19(26-13-27-21)17-11-23-15(2)24-12-17/h4-6,9,11-14H,7-8,10H2,1-3H3,(H,25,26,27)/t14-/m1/s1. The molecule has 0 fully saturated rings. The Morgan fingerprint density at radius 1 is 1.23 bits per heavy atom. The van der Waals surface area contributed by atoms with Crippen LogP contribution in [0.1, 0.15) is 31.2 Å². The first-order valence-electron chi connectivity index (χ1n) is 9.91. The highest BCUT2D eigenvalue weighted by atomic mass is 16.5. The summed E-state index contributed by atoms with van der Waals surface area (Å²) >= 11 is 0. The molecule has 8 nitrogen and oxygen atoms in total. The van der Waals surface area contributed by atoms with E-state index in [0.29, 0.717) is 19.7 Å². The van der Waals surface area contributed by atoms with Crippen molar-refractivity contribution in [2.45, 2.75) is 26.7 Å². The molecular formula is C22H24N6O2. The Balaban J connectivity index is 1.50. The quantitative estimate of drug-likeness (QED) is 0.698. The average Bonchev–Trinajstić information content (AvgIpc) is 2.77. The second kappa shape index (κ2) is 8.44. The van der Waals surface area contributed by atoms with Gasteiger partial charge in [0.05, 0.1) is 17.9 Å². The van der Waals surface area contributed by atoms with Gasteiger partial charge in [-0.05, 0) is 13.0 Å². The second-order valence-corrected chi connectivity index (χ2v) is 7.30. The number of ether oxygens (including phenoxy) is 1. The smallest absolute Gasteiger partial charge is 0.224 e. The summed E-state index contributed by atoms with van der Waals surface area (Å²) in [6.07, 6.45) is 5.04. The minimum absolute atomic E-state index is 0.0241. The SMILES string of the molecule is CC(=O)N1CCOc2c([C@H](C)CNc3cc(-c4cnc(C)nc4)ncn3)cccc21. The molecule has 1 N–H and O–H groups in total. The monoisotopic (exact) mass is 404 g/mol. The summed E-state index contributed by atoms with van der Waals surface area (Å²) in [7, 11) is 0. The minimum Gasteiger partial charge on any atom is -0.489 e. The highest BCUT2D eigenvalue weighted by molar-refractivity contribution is 5.94. The van der Waals surface area contributed by atoms with Gasteiger partial charge in [0.25, 0.3) is 0 Å². The summed E-state index contributed by atoms with van der Waals surface area (Å²) in [5.41, 5.74) is 3.50. The van der Waals surface area contributed by atoms with Gasteiger partial charge in [0, 0.05) is 49.0 Å². The molecule has 0 spiro atoms. The van der Waals surface area contributed by atoms with E-state index in [9.17, 15) is 4.79 Å². The number of para-hydroxylation sites is 1. The molecule has 8 heteroatoms. The van der Waals surface area contributed by atoms with Crippen LogP contribution in [0.3, 0.4) is 0 Å². The number of nitrogens with zero attached hydrogens (tertiary/aromatic N) is 5. The maximum absolute atomic E-state index is 12.0. The number of hydrogen-bond acceptors (Lipinski definition) is 7. The van der Waals surface area contributed by atoms with Crippen LogP contribution in [0.4, 0.5) is 11.5 Å². The summed E-state index contributed by atoms with van der Waals surface area (Å²) < 4.78 is 5.93. The van der Waals surface area contributed by atoms with Gasteiger partial charge in [-0.25, -0.2) is 19.9 Å². The summed E-state index contributed by atoms with van der Waals surface area (Å²) in [5, 5.41) is 3.38. The van der Waals surface area contributed by atoms with Crippen LogP contribution in [-0.4, -0.2) is 45.5 Å². The minimum atomic E-state index is 0.0241. The number of benzene rings is 1. The fraction of sp³-hybridized carbons (Fsp3) is 0.318. The molecule has 3 heterocycles. The Morgan fingerprint density at radius 2 is 2.03 bits per heavy atom. The molecule has 0 saturated carbocycles. The lowest BCUT2D eigenvalue weighted by atomic mass is 9.98. The number of amides is 1. The highest BCUT2D eigenvalue weighted by Gasteiger charge is 2.25. The van der Waals surface area contributed by atoms with Crippen LogP contribution < -0.4 is 15.0 Å². The molecule has 0 bridgehead atoms. The van der Waals surface area contributed by atoms with Gasteiger partial charge in [-0.15, -0.1) is 0 Å². The number of anilines is 2. The van der Waals surface area contributed by atoms with E-state index < -0.39 is 0 Å². The van der Waals surface area contributed by atoms with Crippen LogP contribution in [0.25, 0.3) is 11.3 Å². The van der Waals surface area contributed by atoms with E-state index in [1.54, 1.807) is 24.2 Å². The molecule has 1 aliphatic heterocycles. The molecule has 0 aliphatic carbocycles. The summed E-state index contributed by atoms with van der Waals surface area (Å²) in [5.74, 6) is 2.40. The molecule has 4 rings (SSSR count). The molecule has 1 aliphatic rings. The van der Waals surface area contributed by atoms with Crippen molar-refractivity contribution in [2.75, 3.05) is 29.9 Å². The van der Waals surface area contributed by atoms with E-state index in [-0.39, 0.29) is 11.8 Å². The van der Waals surface area contributed by atoms with Crippen LogP contribution in [0, 0.1) is 6.92 Å². The first-order chi connectivity index (χ1) is 14.5. The molecule has 2 aromatic heterocycles. The van der Waals surface area contributed by atoms with Crippen LogP contribution in [0.15, 0.2) is 43.0 Å². The molecule has 1 atom stereocenters. The van der Waals surface area contributed by atoms with Crippen molar-refractivity contribution in [3.63, 3.8) is 0 Å². The van der Waals surface area contributed by atoms with Crippen LogP contribution >= 0.6 is 0 Å². The molecular weight excluding hydrogens is 380 g/mol. The zero-order valence-electron chi connectivity index (χ0n) is 17.3. The van der Waals surface area contributed by atoms with Crippen LogP contribution in [0.2, 0.25) is 0 Å². The summed E-state index contributed by atoms with van der Waals surface area (Å²) in [6, 6.07) is 7.83. The van der Waals surface area contributed by atoms with E-state index in [1.807, 2.05) is 31.2 Å². The van der Waals surface area contributed by atoms with Crippen molar-refractivity contribution in [1.82, 2.24) is 19.9 Å². The number of fused-ring (bicyclic) bond motifs is 1. The molecule has 1 amide bonds. The van der Waals surface area contributed by atoms with Gasteiger partial charge in [-0.2, -0.15) is 0 Å². The van der Waals surface area contributed by atoms with Crippen molar-refractivity contribution in [3.8, 4) is 17.0 Å². The second-order valence-electron chi connectivity index (χ2n) is 7.30. The lowest BCUT2D eigenvalue weighted by Gasteiger charge is -2.31. The fourth-order valence-corrected chi connectivity index (χ4v) is 3.49. The zero-order chi connectivity index (χ0) is 21.1. The average molecular weight is 404 g/mol. The van der Waals surface area contributed by atoms with E-state index in [4.69, 9.17) is 4.74 Å². The predicted octanol–water partition coefficient (Wildman–Crippen LogP) is 3.20. The number of aromatic nitrogens is 4. The van der Waals surface area contributed by atoms with Gasteiger partial charge in [0.1, 0.15) is 30.3 Å². The molecule has 3 aromatic rings. The maximum Gasteiger partial charge on any atom is 0.224 e. The highest BCUT2D eigenvalue weighted by Crippen LogP contribution is 2.38. The van der Waals surface area contributed by atoms with Crippen LogP contribution in [-0.2, 0) is 4.79 Å². The predicted molar refractivity (Wildman–Crippen MR) is 115 cm³/mol. The van der Waals surface area contributed by atoms with Gasteiger partial charge in [0.2, 0.25) is 5.91 Å². The topological polar surface area (TPSA) is 93.1 Å². The number of carbonyl (C=O) groups is 1. The Labute approximate surface area is 175 Å². The van der Waals surface area contributed by atoms with Gasteiger partial charge in [0.15, 0.2) is 0 Å². The molecule has 0 radical (unpaired) electrons. The Morgan fingerprint density at radius 3 is 2.80 bits per heavy atom. The number of nitrogens with one attached hydrogen (secondary N) is 1. The lowest BCUT2D eigenvalue weighted by Crippen LogP contribution is -2.36. The summed E-state index contributed by atoms with van der Waals surface area (Å²) in [4.78, 5) is 30.8. The fourth-order valence-electron chi connectivity index (χ4n) is 3.49. The van der Waals surface area contributed by atoms with Gasteiger partial charge in [-0.3, -0.25) is 4.79 Å². The van der Waals surface area contributed by atoms with Gasteiger partial charge < -0.3 is 15.0 Å². The number of hydrogen-bond donors (Lipinski definition) is 1.